The molecule has 1 unspecified atom stereocenters. The van der Waals surface area contributed by atoms with E-state index in [9.17, 15) is 14.4 Å². The first kappa shape index (κ1) is 15.0. The summed E-state index contributed by atoms with van der Waals surface area (Å²) < 4.78 is 0. The Balaban J connectivity index is 2.75. The molecule has 0 saturated heterocycles. The molecule has 2 amide bonds. The molecule has 0 heterocycles. The Labute approximate surface area is 114 Å². The van der Waals surface area contributed by atoms with E-state index in [1.165, 1.54) is 11.8 Å². The lowest BCUT2D eigenvalue weighted by Crippen LogP contribution is -2.43. The molecule has 0 bridgehead atoms. The molecule has 0 spiro atoms. The Morgan fingerprint density at radius 3 is 2.32 bits per heavy atom. The molecule has 0 aliphatic rings. The van der Waals surface area contributed by atoms with E-state index in [1.54, 1.807) is 24.3 Å². The van der Waals surface area contributed by atoms with E-state index in [1.807, 2.05) is 6.26 Å². The fourth-order valence-electron chi connectivity index (χ4n) is 1.39. The minimum absolute atomic E-state index is 0.327. The van der Waals surface area contributed by atoms with Gasteiger partial charge in [0.25, 0.3) is 5.91 Å². The van der Waals surface area contributed by atoms with Crippen LogP contribution in [0.3, 0.4) is 0 Å². The van der Waals surface area contributed by atoms with Crippen molar-refractivity contribution >= 4 is 29.5 Å². The molecule has 0 fully saturated rings. The highest BCUT2D eigenvalue weighted by Gasteiger charge is 2.22. The molecule has 0 aliphatic heterocycles. The first-order valence-corrected chi connectivity index (χ1v) is 6.62. The van der Waals surface area contributed by atoms with Gasteiger partial charge in [-0.05, 0) is 30.5 Å². The molecule has 0 aromatic heterocycles. The van der Waals surface area contributed by atoms with Gasteiger partial charge in [-0.25, -0.2) is 4.79 Å². The zero-order chi connectivity index (χ0) is 14.4. The van der Waals surface area contributed by atoms with Gasteiger partial charge in [-0.3, -0.25) is 9.59 Å². The number of primary amides is 1. The van der Waals surface area contributed by atoms with Gasteiger partial charge in [0, 0.05) is 10.5 Å². The van der Waals surface area contributed by atoms with Crippen LogP contribution >= 0.6 is 11.8 Å². The van der Waals surface area contributed by atoms with Crippen LogP contribution in [0.4, 0.5) is 0 Å². The van der Waals surface area contributed by atoms with Crippen molar-refractivity contribution in [2.45, 2.75) is 17.4 Å². The molecule has 0 radical (unpaired) electrons. The number of benzene rings is 1. The van der Waals surface area contributed by atoms with Crippen LogP contribution in [-0.4, -0.2) is 35.2 Å². The molecule has 4 N–H and O–H groups in total. The second-order valence-electron chi connectivity index (χ2n) is 3.76. The lowest BCUT2D eigenvalue weighted by atomic mass is 10.1. The summed E-state index contributed by atoms with van der Waals surface area (Å²) in [6.07, 6.45) is 1.46. The van der Waals surface area contributed by atoms with E-state index in [2.05, 4.69) is 5.32 Å². The first-order valence-electron chi connectivity index (χ1n) is 5.40. The van der Waals surface area contributed by atoms with Crippen LogP contribution in [0.5, 0.6) is 0 Å². The minimum Gasteiger partial charge on any atom is -0.480 e. The van der Waals surface area contributed by atoms with Gasteiger partial charge in [-0.2, -0.15) is 0 Å². The molecule has 19 heavy (non-hydrogen) atoms. The summed E-state index contributed by atoms with van der Waals surface area (Å²) in [6.45, 7) is 0. The van der Waals surface area contributed by atoms with Crippen molar-refractivity contribution in [1.29, 1.82) is 0 Å². The van der Waals surface area contributed by atoms with Gasteiger partial charge in [-0.15, -0.1) is 11.8 Å². The van der Waals surface area contributed by atoms with Crippen molar-refractivity contribution in [2.75, 3.05) is 6.26 Å². The Morgan fingerprint density at radius 1 is 1.32 bits per heavy atom. The van der Waals surface area contributed by atoms with Crippen LogP contribution in [0.15, 0.2) is 29.2 Å². The van der Waals surface area contributed by atoms with Gasteiger partial charge < -0.3 is 16.2 Å². The monoisotopic (exact) mass is 282 g/mol. The summed E-state index contributed by atoms with van der Waals surface area (Å²) in [7, 11) is 0. The average Bonchev–Trinajstić information content (AvgIpc) is 2.37. The molecule has 6 nitrogen and oxygen atoms in total. The van der Waals surface area contributed by atoms with Gasteiger partial charge >= 0.3 is 5.97 Å². The van der Waals surface area contributed by atoms with Gasteiger partial charge in [0.2, 0.25) is 5.91 Å². The minimum atomic E-state index is -1.31. The molecule has 0 saturated carbocycles. The van der Waals surface area contributed by atoms with Crippen LogP contribution in [0.2, 0.25) is 0 Å². The average molecular weight is 282 g/mol. The number of hydrogen-bond acceptors (Lipinski definition) is 4. The summed E-state index contributed by atoms with van der Waals surface area (Å²) in [6, 6.07) is 5.37. The predicted molar refractivity (Wildman–Crippen MR) is 70.9 cm³/mol. The van der Waals surface area contributed by atoms with Crippen LogP contribution in [0.1, 0.15) is 16.8 Å². The number of amides is 2. The highest BCUT2D eigenvalue weighted by atomic mass is 32.2. The number of nitrogens with two attached hydrogens (primary N) is 1. The summed E-state index contributed by atoms with van der Waals surface area (Å²) in [4.78, 5) is 34.4. The maximum atomic E-state index is 11.8. The lowest BCUT2D eigenvalue weighted by Gasteiger charge is -2.12. The zero-order valence-corrected chi connectivity index (χ0v) is 11.1. The summed E-state index contributed by atoms with van der Waals surface area (Å²) in [5, 5.41) is 11.1. The molecule has 1 atom stereocenters. The molecule has 1 aromatic carbocycles. The Morgan fingerprint density at radius 2 is 1.89 bits per heavy atom. The molecule has 1 aromatic rings. The van der Waals surface area contributed by atoms with Gasteiger partial charge in [0.15, 0.2) is 0 Å². The third kappa shape index (κ3) is 4.63. The maximum Gasteiger partial charge on any atom is 0.326 e. The number of carbonyl (C=O) groups excluding carboxylic acids is 2. The second kappa shape index (κ2) is 6.79. The summed E-state index contributed by atoms with van der Waals surface area (Å²) in [5.41, 5.74) is 5.25. The van der Waals surface area contributed by atoms with Gasteiger partial charge in [-0.1, -0.05) is 0 Å². The van der Waals surface area contributed by atoms with Crippen LogP contribution < -0.4 is 11.1 Å². The fraction of sp³-hybridized carbons (Fsp3) is 0.250. The van der Waals surface area contributed by atoms with E-state index in [4.69, 9.17) is 10.8 Å². The Bertz CT molecular complexity index is 487. The van der Waals surface area contributed by atoms with Crippen LogP contribution in [0.25, 0.3) is 0 Å². The van der Waals surface area contributed by atoms with E-state index in [0.29, 0.717) is 5.56 Å². The number of carboxylic acids is 1. The van der Waals surface area contributed by atoms with Crippen molar-refractivity contribution in [3.05, 3.63) is 29.8 Å². The number of carbonyl (C=O) groups is 3. The quantitative estimate of drug-likeness (QED) is 0.657. The smallest absolute Gasteiger partial charge is 0.326 e. The third-order valence-corrected chi connectivity index (χ3v) is 3.10. The Kier molecular flexibility index (Phi) is 5.37. The normalized spacial score (nSPS) is 11.6. The number of thioether (sulfide) groups is 1. The van der Waals surface area contributed by atoms with E-state index in [-0.39, 0.29) is 0 Å². The first-order chi connectivity index (χ1) is 8.93. The molecule has 102 valence electrons. The van der Waals surface area contributed by atoms with Crippen molar-refractivity contribution in [3.8, 4) is 0 Å². The highest BCUT2D eigenvalue weighted by Crippen LogP contribution is 2.14. The van der Waals surface area contributed by atoms with Gasteiger partial charge in [0.05, 0.1) is 6.42 Å². The standard InChI is InChI=1S/C12H14N2O4S/c1-19-8-4-2-7(3-5-8)11(16)14-9(12(17)18)6-10(13)15/h2-5,9H,6H2,1H3,(H2,13,15)(H,14,16)(H,17,18). The lowest BCUT2D eigenvalue weighted by molar-refractivity contribution is -0.140. The highest BCUT2D eigenvalue weighted by molar-refractivity contribution is 7.98. The number of rotatable bonds is 6. The SMILES string of the molecule is CSc1ccc(C(=O)NC(CC(N)=O)C(=O)O)cc1. The second-order valence-corrected chi connectivity index (χ2v) is 4.64. The van der Waals surface area contributed by atoms with Crippen LogP contribution in [-0.2, 0) is 9.59 Å². The molecular formula is C12H14N2O4S. The zero-order valence-electron chi connectivity index (χ0n) is 10.3. The van der Waals surface area contributed by atoms with E-state index in [0.717, 1.165) is 4.90 Å². The molecular weight excluding hydrogens is 268 g/mol. The molecule has 0 aliphatic carbocycles. The number of aliphatic carboxylic acids is 1. The maximum absolute atomic E-state index is 11.8. The number of carboxylic acid groups (broad SMARTS) is 1. The topological polar surface area (TPSA) is 109 Å². The van der Waals surface area contributed by atoms with Crippen molar-refractivity contribution < 1.29 is 19.5 Å². The third-order valence-electron chi connectivity index (χ3n) is 2.36. The van der Waals surface area contributed by atoms with E-state index >= 15 is 0 Å². The molecule has 1 rings (SSSR count). The summed E-state index contributed by atoms with van der Waals surface area (Å²) in [5.74, 6) is -2.64. The summed E-state index contributed by atoms with van der Waals surface area (Å²) >= 11 is 1.53. The Hall–Kier alpha value is -2.02. The van der Waals surface area contributed by atoms with E-state index < -0.39 is 30.2 Å². The largest absolute Gasteiger partial charge is 0.480 e. The van der Waals surface area contributed by atoms with Crippen molar-refractivity contribution in [1.82, 2.24) is 5.32 Å². The van der Waals surface area contributed by atoms with Crippen molar-refractivity contribution in [2.24, 2.45) is 5.73 Å². The van der Waals surface area contributed by atoms with Crippen LogP contribution in [0, 0.1) is 0 Å². The van der Waals surface area contributed by atoms with Crippen molar-refractivity contribution in [3.63, 3.8) is 0 Å². The van der Waals surface area contributed by atoms with Gasteiger partial charge in [0.1, 0.15) is 6.04 Å². The number of hydrogen-bond donors (Lipinski definition) is 3. The molecule has 7 heteroatoms. The fourth-order valence-corrected chi connectivity index (χ4v) is 1.79. The predicted octanol–water partition coefficient (Wildman–Crippen LogP) is 0.467. The number of nitrogens with one attached hydrogen (secondary N) is 1.